The summed E-state index contributed by atoms with van der Waals surface area (Å²) in [4.78, 5) is 6.61. The van der Waals surface area contributed by atoms with E-state index in [4.69, 9.17) is 10.5 Å². The fraction of sp³-hybridized carbons (Fsp3) is 0.303. The Kier molecular flexibility index (Phi) is 6.85. The maximum atomic E-state index is 10.4. The van der Waals surface area contributed by atoms with Crippen molar-refractivity contribution >= 4 is 10.9 Å². The summed E-state index contributed by atoms with van der Waals surface area (Å²) in [6.45, 7) is 1.65. The molecule has 3 aromatic carbocycles. The second-order valence-corrected chi connectivity index (χ2v) is 10.8. The highest BCUT2D eigenvalue weighted by Crippen LogP contribution is 2.62. The fourth-order valence-electron chi connectivity index (χ4n) is 6.87. The molecule has 6 heteroatoms. The number of phenols is 1. The van der Waals surface area contributed by atoms with Crippen molar-refractivity contribution in [1.29, 1.82) is 0 Å². The van der Waals surface area contributed by atoms with Gasteiger partial charge in [0.15, 0.2) is 11.5 Å². The third kappa shape index (κ3) is 4.39. The predicted octanol–water partition coefficient (Wildman–Crippen LogP) is 4.58. The highest BCUT2D eigenvalue weighted by atomic mass is 16.5. The van der Waals surface area contributed by atoms with Crippen LogP contribution in [-0.2, 0) is 18.4 Å². The summed E-state index contributed by atoms with van der Waals surface area (Å²) in [5.41, 5.74) is 9.89. The monoisotopic (exact) mass is 521 g/mol. The van der Waals surface area contributed by atoms with Crippen molar-refractivity contribution in [3.8, 4) is 11.5 Å². The zero-order valence-corrected chi connectivity index (χ0v) is 22.1. The van der Waals surface area contributed by atoms with Crippen molar-refractivity contribution in [3.63, 3.8) is 0 Å². The molecule has 4 N–H and O–H groups in total. The van der Waals surface area contributed by atoms with Crippen molar-refractivity contribution in [2.45, 2.75) is 43.1 Å². The molecule has 0 unspecified atom stereocenters. The van der Waals surface area contributed by atoms with E-state index in [-0.39, 0.29) is 17.3 Å². The summed E-state index contributed by atoms with van der Waals surface area (Å²) in [6.07, 6.45) is 6.99. The lowest BCUT2D eigenvalue weighted by atomic mass is 9.53. The van der Waals surface area contributed by atoms with Gasteiger partial charge >= 0.3 is 0 Å². The SMILES string of the molecule is CN1CC[C@]23c4c5ccc(O)c4O[C@H]2[C@@H](O)C=C[C@H]3[C@H]1C5.NCc1ccccc1.c1ccc2ncccc2c1. The van der Waals surface area contributed by atoms with Gasteiger partial charge in [-0.25, -0.2) is 0 Å². The van der Waals surface area contributed by atoms with Gasteiger partial charge in [0.1, 0.15) is 12.2 Å². The van der Waals surface area contributed by atoms with Gasteiger partial charge < -0.3 is 25.6 Å². The molecule has 200 valence electrons. The summed E-state index contributed by atoms with van der Waals surface area (Å²) in [6, 6.07) is 26.3. The number of ether oxygens (including phenoxy) is 1. The third-order valence-corrected chi connectivity index (χ3v) is 8.74. The summed E-state index contributed by atoms with van der Waals surface area (Å²) in [5.74, 6) is 1.19. The Bertz CT molecular complexity index is 1430. The Morgan fingerprint density at radius 2 is 1.77 bits per heavy atom. The largest absolute Gasteiger partial charge is 0.504 e. The second-order valence-electron chi connectivity index (χ2n) is 10.8. The molecule has 2 bridgehead atoms. The van der Waals surface area contributed by atoms with Gasteiger partial charge in [0.25, 0.3) is 0 Å². The number of phenolic OH excluding ortho intramolecular Hbond substituents is 1. The van der Waals surface area contributed by atoms with Gasteiger partial charge in [0, 0.05) is 41.1 Å². The number of piperidine rings is 1. The first-order chi connectivity index (χ1) is 19.0. The lowest BCUT2D eigenvalue weighted by Crippen LogP contribution is -2.64. The number of likely N-dealkylation sites (tertiary alicyclic amines) is 1. The van der Waals surface area contributed by atoms with Crippen LogP contribution < -0.4 is 10.5 Å². The Morgan fingerprint density at radius 1 is 1.00 bits per heavy atom. The fourth-order valence-corrected chi connectivity index (χ4v) is 6.87. The van der Waals surface area contributed by atoms with E-state index in [1.54, 1.807) is 6.07 Å². The predicted molar refractivity (Wildman–Crippen MR) is 154 cm³/mol. The van der Waals surface area contributed by atoms with Crippen molar-refractivity contribution < 1.29 is 14.9 Å². The number of aliphatic hydroxyl groups is 1. The van der Waals surface area contributed by atoms with E-state index in [1.807, 2.05) is 72.9 Å². The number of para-hydroxylation sites is 1. The molecule has 5 atom stereocenters. The van der Waals surface area contributed by atoms with Gasteiger partial charge in [0.05, 0.1) is 5.52 Å². The summed E-state index contributed by atoms with van der Waals surface area (Å²) < 4.78 is 6.09. The highest BCUT2D eigenvalue weighted by Gasteiger charge is 2.64. The number of aromatic nitrogens is 1. The first kappa shape index (κ1) is 25.6. The zero-order chi connectivity index (χ0) is 27.0. The number of likely N-dealkylation sites (N-methyl/N-ethyl adjacent to an activating group) is 1. The lowest BCUT2D eigenvalue weighted by molar-refractivity contribution is -0.0453. The molecule has 1 saturated heterocycles. The lowest BCUT2D eigenvalue weighted by Gasteiger charge is -2.56. The number of hydrogen-bond acceptors (Lipinski definition) is 6. The summed E-state index contributed by atoms with van der Waals surface area (Å²) >= 11 is 0. The van der Waals surface area contributed by atoms with Crippen molar-refractivity contribution in [2.75, 3.05) is 13.6 Å². The number of nitrogens with two attached hydrogens (primary N) is 1. The Hall–Kier alpha value is -3.71. The van der Waals surface area contributed by atoms with Gasteiger partial charge in [-0.05, 0) is 55.8 Å². The van der Waals surface area contributed by atoms with E-state index in [1.165, 1.54) is 22.1 Å². The van der Waals surface area contributed by atoms with Gasteiger partial charge in [-0.15, -0.1) is 0 Å². The van der Waals surface area contributed by atoms with Crippen LogP contribution in [0.15, 0.2) is 97.2 Å². The van der Waals surface area contributed by atoms with E-state index in [9.17, 15) is 10.2 Å². The van der Waals surface area contributed by atoms with Crippen LogP contribution >= 0.6 is 0 Å². The number of hydrogen-bond donors (Lipinski definition) is 3. The van der Waals surface area contributed by atoms with E-state index in [0.29, 0.717) is 24.3 Å². The molecule has 6 nitrogen and oxygen atoms in total. The van der Waals surface area contributed by atoms with Crippen LogP contribution in [0.2, 0.25) is 0 Å². The number of aliphatic hydroxyl groups excluding tert-OH is 1. The molecule has 1 fully saturated rings. The topological polar surface area (TPSA) is 91.8 Å². The second kappa shape index (κ2) is 10.5. The van der Waals surface area contributed by atoms with Crippen molar-refractivity contribution in [1.82, 2.24) is 9.88 Å². The van der Waals surface area contributed by atoms with Crippen LogP contribution in [0.25, 0.3) is 10.9 Å². The molecule has 1 aromatic heterocycles. The molecule has 4 aromatic rings. The number of aromatic hydroxyl groups is 1. The quantitative estimate of drug-likeness (QED) is 0.318. The van der Waals surface area contributed by atoms with E-state index < -0.39 is 6.10 Å². The van der Waals surface area contributed by atoms with Crippen LogP contribution in [-0.4, -0.2) is 51.9 Å². The molecule has 0 saturated carbocycles. The van der Waals surface area contributed by atoms with Crippen LogP contribution in [0.4, 0.5) is 0 Å². The smallest absolute Gasteiger partial charge is 0.165 e. The molecule has 1 spiro atoms. The zero-order valence-electron chi connectivity index (χ0n) is 22.1. The average Bonchev–Trinajstić information content (AvgIpc) is 3.35. The van der Waals surface area contributed by atoms with E-state index in [2.05, 4.69) is 35.1 Å². The van der Waals surface area contributed by atoms with Crippen LogP contribution in [0.1, 0.15) is 23.1 Å². The molecule has 4 aliphatic rings. The first-order valence-electron chi connectivity index (χ1n) is 13.7. The van der Waals surface area contributed by atoms with Gasteiger partial charge in [-0.2, -0.15) is 0 Å². The minimum Gasteiger partial charge on any atom is -0.504 e. The van der Waals surface area contributed by atoms with E-state index in [0.717, 1.165) is 24.9 Å². The Morgan fingerprint density at radius 3 is 2.54 bits per heavy atom. The molecule has 0 radical (unpaired) electrons. The average molecular weight is 522 g/mol. The molecule has 0 amide bonds. The summed E-state index contributed by atoms with van der Waals surface area (Å²) in [5, 5.41) is 21.8. The van der Waals surface area contributed by atoms with E-state index >= 15 is 0 Å². The maximum Gasteiger partial charge on any atom is 0.165 e. The third-order valence-electron chi connectivity index (χ3n) is 8.74. The minimum absolute atomic E-state index is 0.160. The Labute approximate surface area is 229 Å². The number of fused-ring (bicyclic) bond motifs is 1. The summed E-state index contributed by atoms with van der Waals surface area (Å²) in [7, 11) is 2.19. The van der Waals surface area contributed by atoms with Crippen molar-refractivity contribution in [3.05, 3.63) is 114 Å². The van der Waals surface area contributed by atoms with Crippen LogP contribution in [0.5, 0.6) is 11.5 Å². The van der Waals surface area contributed by atoms with Gasteiger partial charge in [-0.3, -0.25) is 4.98 Å². The van der Waals surface area contributed by atoms with Gasteiger partial charge in [0.2, 0.25) is 0 Å². The molecule has 2 aliphatic heterocycles. The van der Waals surface area contributed by atoms with Crippen molar-refractivity contribution in [2.24, 2.45) is 11.7 Å². The van der Waals surface area contributed by atoms with Crippen LogP contribution in [0, 0.1) is 5.92 Å². The number of nitrogens with zero attached hydrogens (tertiary/aromatic N) is 2. The number of benzene rings is 3. The first-order valence-corrected chi connectivity index (χ1v) is 13.7. The molecular weight excluding hydrogens is 486 g/mol. The molecule has 3 heterocycles. The maximum absolute atomic E-state index is 10.4. The molecule has 2 aliphatic carbocycles. The molecule has 8 rings (SSSR count). The molecular formula is C33H35N3O3. The number of rotatable bonds is 1. The number of pyridine rings is 1. The Balaban J connectivity index is 0.000000127. The molecule has 39 heavy (non-hydrogen) atoms. The minimum atomic E-state index is -0.594. The van der Waals surface area contributed by atoms with Gasteiger partial charge in [-0.1, -0.05) is 72.8 Å². The standard InChI is InChI=1S/C17H19NO3.C9H7N.C7H9N/c1-18-7-6-17-10-3-5-13(20)16(17)21-15-12(19)4-2-9(14(15)17)8-11(10)18;1-2-6-9-8(4-1)5-3-7-10-9;8-6-7-4-2-1-3-5-7/h2-5,10-11,13,16,19-20H,6-8H2,1H3;1-7H;1-5H,6,8H2/t10-,11+,13-,16-,17-;;/m0../s1. The highest BCUT2D eigenvalue weighted by molar-refractivity contribution is 5.77. The van der Waals surface area contributed by atoms with Crippen LogP contribution in [0.3, 0.4) is 0 Å². The normalized spacial score (nSPS) is 27.4.